The molecule has 0 bridgehead atoms. The molecule has 3 heterocycles. The average molecular weight is 297 g/mol. The first-order valence-corrected chi connectivity index (χ1v) is 8.05. The highest BCUT2D eigenvalue weighted by Crippen LogP contribution is 2.29. The first-order chi connectivity index (χ1) is 9.90. The van der Waals surface area contributed by atoms with E-state index in [4.69, 9.17) is 0 Å². The lowest BCUT2D eigenvalue weighted by Crippen LogP contribution is -1.88. The van der Waals surface area contributed by atoms with Crippen LogP contribution in [0.5, 0.6) is 0 Å². The van der Waals surface area contributed by atoms with Crippen LogP contribution in [0, 0.1) is 0 Å². The number of H-pyrrole nitrogens is 1. The molecule has 3 aromatic heterocycles. The van der Waals surface area contributed by atoms with E-state index in [1.807, 2.05) is 11.6 Å². The second-order valence-electron chi connectivity index (χ2n) is 4.51. The summed E-state index contributed by atoms with van der Waals surface area (Å²) in [6.07, 6.45) is 2.65. The minimum atomic E-state index is 0.808. The van der Waals surface area contributed by atoms with E-state index in [1.165, 1.54) is 15.8 Å². The third-order valence-corrected chi connectivity index (χ3v) is 4.95. The molecule has 98 valence electrons. The number of aromatic amines is 1. The summed E-state index contributed by atoms with van der Waals surface area (Å²) in [5.74, 6) is 0. The van der Waals surface area contributed by atoms with E-state index in [-0.39, 0.29) is 0 Å². The highest BCUT2D eigenvalue weighted by molar-refractivity contribution is 7.13. The number of nitrogens with zero attached hydrogens (tertiary/aromatic N) is 2. The van der Waals surface area contributed by atoms with Crippen LogP contribution < -0.4 is 0 Å². The number of thiazole rings is 1. The van der Waals surface area contributed by atoms with Gasteiger partial charge in [-0.1, -0.05) is 12.1 Å². The summed E-state index contributed by atoms with van der Waals surface area (Å²) < 4.78 is 0. The Kier molecular flexibility index (Phi) is 2.86. The summed E-state index contributed by atoms with van der Waals surface area (Å²) in [5, 5.41) is 13.9. The largest absolute Gasteiger partial charge is 0.281 e. The zero-order valence-electron chi connectivity index (χ0n) is 10.5. The molecule has 0 spiro atoms. The fourth-order valence-corrected chi connectivity index (χ4v) is 3.64. The Bertz CT molecular complexity index is 829. The summed E-state index contributed by atoms with van der Waals surface area (Å²) in [5.41, 5.74) is 3.39. The zero-order valence-corrected chi connectivity index (χ0v) is 12.2. The lowest BCUT2D eigenvalue weighted by molar-refractivity contribution is 1.00. The topological polar surface area (TPSA) is 41.6 Å². The average Bonchev–Trinajstić information content (AvgIpc) is 3.20. The molecule has 0 radical (unpaired) electrons. The van der Waals surface area contributed by atoms with Crippen LogP contribution in [-0.4, -0.2) is 15.2 Å². The van der Waals surface area contributed by atoms with Crippen LogP contribution in [0.1, 0.15) is 10.7 Å². The molecule has 0 unspecified atom stereocenters. The van der Waals surface area contributed by atoms with Crippen LogP contribution in [-0.2, 0) is 6.42 Å². The monoisotopic (exact) mass is 297 g/mol. The van der Waals surface area contributed by atoms with Crippen molar-refractivity contribution in [2.75, 3.05) is 0 Å². The number of aromatic nitrogens is 3. The summed E-state index contributed by atoms with van der Waals surface area (Å²) in [7, 11) is 0. The van der Waals surface area contributed by atoms with Gasteiger partial charge in [0.2, 0.25) is 0 Å². The van der Waals surface area contributed by atoms with Crippen molar-refractivity contribution in [2.24, 2.45) is 0 Å². The molecule has 1 aromatic carbocycles. The van der Waals surface area contributed by atoms with Gasteiger partial charge in [-0.05, 0) is 29.1 Å². The van der Waals surface area contributed by atoms with Crippen LogP contribution in [0.15, 0.2) is 47.3 Å². The minimum Gasteiger partial charge on any atom is -0.281 e. The first kappa shape index (κ1) is 11.8. The maximum absolute atomic E-state index is 4.38. The Balaban J connectivity index is 1.80. The van der Waals surface area contributed by atoms with Gasteiger partial charge in [0, 0.05) is 34.0 Å². The first-order valence-electron chi connectivity index (χ1n) is 6.29. The van der Waals surface area contributed by atoms with Gasteiger partial charge in [0.25, 0.3) is 0 Å². The molecule has 4 aromatic rings. The molecular weight excluding hydrogens is 286 g/mol. The minimum absolute atomic E-state index is 0.808. The number of thiophene rings is 1. The fraction of sp³-hybridized carbons (Fsp3) is 0.0667. The van der Waals surface area contributed by atoms with E-state index in [1.54, 1.807) is 22.7 Å². The van der Waals surface area contributed by atoms with Crippen molar-refractivity contribution in [1.82, 2.24) is 15.2 Å². The SMILES string of the molecule is c1csc(-c2ccc3n[nH]c(Cc4nccs4)c3c2)c1. The molecular formula is C15H11N3S2. The van der Waals surface area contributed by atoms with Gasteiger partial charge in [0.15, 0.2) is 0 Å². The Hall–Kier alpha value is -1.98. The highest BCUT2D eigenvalue weighted by atomic mass is 32.1. The standard InChI is InChI=1S/C15H11N3S2/c1-2-14(19-6-1)10-3-4-12-11(8-10)13(18-17-12)9-15-16-5-7-20-15/h1-8H,9H2,(H,17,18). The molecule has 0 aliphatic rings. The predicted octanol–water partition coefficient (Wildman–Crippen LogP) is 4.34. The summed E-state index contributed by atoms with van der Waals surface area (Å²) in [6.45, 7) is 0. The van der Waals surface area contributed by atoms with E-state index in [0.29, 0.717) is 0 Å². The molecule has 0 amide bonds. The second-order valence-corrected chi connectivity index (χ2v) is 6.44. The van der Waals surface area contributed by atoms with Crippen molar-refractivity contribution in [3.8, 4) is 10.4 Å². The Morgan fingerprint density at radius 3 is 2.90 bits per heavy atom. The van der Waals surface area contributed by atoms with Crippen molar-refractivity contribution in [3.05, 3.63) is 58.0 Å². The predicted molar refractivity (Wildman–Crippen MR) is 84.3 cm³/mol. The molecule has 3 nitrogen and oxygen atoms in total. The number of rotatable bonds is 3. The van der Waals surface area contributed by atoms with Crippen LogP contribution in [0.2, 0.25) is 0 Å². The van der Waals surface area contributed by atoms with Crippen molar-refractivity contribution in [1.29, 1.82) is 0 Å². The van der Waals surface area contributed by atoms with E-state index >= 15 is 0 Å². The molecule has 5 heteroatoms. The fourth-order valence-electron chi connectivity index (χ4n) is 2.29. The molecule has 0 aliphatic heterocycles. The van der Waals surface area contributed by atoms with E-state index in [9.17, 15) is 0 Å². The third kappa shape index (κ3) is 2.05. The van der Waals surface area contributed by atoms with Crippen molar-refractivity contribution < 1.29 is 0 Å². The molecule has 1 N–H and O–H groups in total. The van der Waals surface area contributed by atoms with Gasteiger partial charge >= 0.3 is 0 Å². The highest BCUT2D eigenvalue weighted by Gasteiger charge is 2.09. The quantitative estimate of drug-likeness (QED) is 0.611. The second kappa shape index (κ2) is 4.85. The van der Waals surface area contributed by atoms with Crippen molar-refractivity contribution >= 4 is 33.6 Å². The Morgan fingerprint density at radius 2 is 2.10 bits per heavy atom. The lowest BCUT2D eigenvalue weighted by atomic mass is 10.1. The van der Waals surface area contributed by atoms with Crippen LogP contribution in [0.3, 0.4) is 0 Å². The summed E-state index contributed by atoms with van der Waals surface area (Å²) in [4.78, 5) is 5.63. The number of hydrogen-bond donors (Lipinski definition) is 1. The molecule has 0 aliphatic carbocycles. The maximum Gasteiger partial charge on any atom is 0.0984 e. The molecule has 4 rings (SSSR count). The number of hydrogen-bond acceptors (Lipinski definition) is 4. The normalized spacial score (nSPS) is 11.2. The number of nitrogens with one attached hydrogen (secondary N) is 1. The third-order valence-electron chi connectivity index (χ3n) is 3.25. The number of benzene rings is 1. The summed E-state index contributed by atoms with van der Waals surface area (Å²) in [6, 6.07) is 10.6. The van der Waals surface area contributed by atoms with E-state index in [0.717, 1.165) is 22.6 Å². The van der Waals surface area contributed by atoms with Gasteiger partial charge < -0.3 is 0 Å². The van der Waals surface area contributed by atoms with Crippen LogP contribution in [0.25, 0.3) is 21.3 Å². The van der Waals surface area contributed by atoms with Gasteiger partial charge in [0.1, 0.15) is 0 Å². The Morgan fingerprint density at radius 1 is 1.10 bits per heavy atom. The van der Waals surface area contributed by atoms with Crippen LogP contribution >= 0.6 is 22.7 Å². The van der Waals surface area contributed by atoms with Gasteiger partial charge in [-0.15, -0.1) is 22.7 Å². The zero-order chi connectivity index (χ0) is 13.4. The van der Waals surface area contributed by atoms with Gasteiger partial charge in [0.05, 0.1) is 10.5 Å². The summed E-state index contributed by atoms with van der Waals surface area (Å²) >= 11 is 3.43. The number of fused-ring (bicyclic) bond motifs is 1. The van der Waals surface area contributed by atoms with Crippen molar-refractivity contribution in [2.45, 2.75) is 6.42 Å². The Labute approximate surface area is 123 Å². The van der Waals surface area contributed by atoms with Gasteiger partial charge in [-0.3, -0.25) is 5.10 Å². The van der Waals surface area contributed by atoms with E-state index < -0.39 is 0 Å². The molecule has 0 saturated heterocycles. The van der Waals surface area contributed by atoms with Gasteiger partial charge in [-0.25, -0.2) is 4.98 Å². The maximum atomic E-state index is 4.38. The smallest absolute Gasteiger partial charge is 0.0984 e. The molecule has 0 saturated carbocycles. The molecule has 0 atom stereocenters. The lowest BCUT2D eigenvalue weighted by Gasteiger charge is -1.99. The molecule has 20 heavy (non-hydrogen) atoms. The van der Waals surface area contributed by atoms with Gasteiger partial charge in [-0.2, -0.15) is 5.10 Å². The van der Waals surface area contributed by atoms with Crippen LogP contribution in [0.4, 0.5) is 0 Å². The molecule has 0 fully saturated rings. The van der Waals surface area contributed by atoms with Crippen molar-refractivity contribution in [3.63, 3.8) is 0 Å². The van der Waals surface area contributed by atoms with E-state index in [2.05, 4.69) is 50.9 Å².